The van der Waals surface area contributed by atoms with Crippen molar-refractivity contribution < 1.29 is 13.2 Å². The summed E-state index contributed by atoms with van der Waals surface area (Å²) in [7, 11) is -3.58. The highest BCUT2D eigenvalue weighted by Crippen LogP contribution is 2.17. The third kappa shape index (κ3) is 6.89. The van der Waals surface area contributed by atoms with Crippen molar-refractivity contribution in [3.05, 3.63) is 66.2 Å². The van der Waals surface area contributed by atoms with Crippen LogP contribution in [0.1, 0.15) is 38.2 Å². The molecule has 3 rings (SSSR count). The number of piperidine rings is 1. The van der Waals surface area contributed by atoms with Crippen LogP contribution in [0.4, 0.5) is 0 Å². The Morgan fingerprint density at radius 1 is 1.00 bits per heavy atom. The van der Waals surface area contributed by atoms with Gasteiger partial charge in [0.1, 0.15) is 0 Å². The van der Waals surface area contributed by atoms with Gasteiger partial charge in [0, 0.05) is 45.2 Å². The van der Waals surface area contributed by atoms with Crippen LogP contribution >= 0.6 is 0 Å². The van der Waals surface area contributed by atoms with Gasteiger partial charge < -0.3 is 5.32 Å². The van der Waals surface area contributed by atoms with Crippen molar-refractivity contribution >= 4 is 15.9 Å². The number of likely N-dealkylation sites (tertiary alicyclic amines) is 1. The van der Waals surface area contributed by atoms with E-state index in [-0.39, 0.29) is 29.8 Å². The quantitative estimate of drug-likeness (QED) is 0.612. The average Bonchev–Trinajstić information content (AvgIpc) is 2.79. The minimum absolute atomic E-state index is 0.0779. The van der Waals surface area contributed by atoms with Gasteiger partial charge >= 0.3 is 0 Å². The average molecular weight is 444 g/mol. The first-order valence-corrected chi connectivity index (χ1v) is 12.5. The number of hydrogen-bond acceptors (Lipinski definition) is 4. The van der Waals surface area contributed by atoms with Gasteiger partial charge in [0.05, 0.1) is 4.90 Å². The Morgan fingerprint density at radius 3 is 2.23 bits per heavy atom. The van der Waals surface area contributed by atoms with Gasteiger partial charge in [-0.05, 0) is 37.0 Å². The van der Waals surface area contributed by atoms with E-state index in [2.05, 4.69) is 34.5 Å². The summed E-state index contributed by atoms with van der Waals surface area (Å²) < 4.78 is 27.2. The lowest BCUT2D eigenvalue weighted by atomic mass is 10.0. The number of rotatable bonds is 10. The molecule has 0 spiro atoms. The number of sulfonamides is 1. The molecular weight excluding hydrogens is 410 g/mol. The van der Waals surface area contributed by atoms with Gasteiger partial charge in [0.25, 0.3) is 0 Å². The summed E-state index contributed by atoms with van der Waals surface area (Å²) in [6.07, 6.45) is 2.71. The molecule has 1 heterocycles. The van der Waals surface area contributed by atoms with Crippen LogP contribution in [0.15, 0.2) is 65.6 Å². The Labute approximate surface area is 186 Å². The number of hydrogen-bond donors (Lipinski definition) is 1. The molecule has 2 aromatic rings. The molecule has 1 aliphatic rings. The molecule has 1 aliphatic heterocycles. The van der Waals surface area contributed by atoms with Crippen molar-refractivity contribution in [3.8, 4) is 0 Å². The van der Waals surface area contributed by atoms with E-state index in [1.807, 2.05) is 13.0 Å². The molecule has 0 aromatic heterocycles. The lowest BCUT2D eigenvalue weighted by Gasteiger charge is -2.32. The fraction of sp³-hybridized carbons (Fsp3) is 0.458. The zero-order valence-corrected chi connectivity index (χ0v) is 19.1. The number of nitrogens with zero attached hydrogens (tertiary/aromatic N) is 2. The monoisotopic (exact) mass is 443 g/mol. The summed E-state index contributed by atoms with van der Waals surface area (Å²) >= 11 is 0. The zero-order valence-electron chi connectivity index (χ0n) is 18.2. The predicted molar refractivity (Wildman–Crippen MR) is 123 cm³/mol. The molecule has 6 nitrogen and oxygen atoms in total. The summed E-state index contributed by atoms with van der Waals surface area (Å²) in [5.74, 6) is -0.0779. The van der Waals surface area contributed by atoms with Crippen molar-refractivity contribution in [2.75, 3.05) is 26.2 Å². The first-order chi connectivity index (χ1) is 15.0. The Bertz CT molecular complexity index is 912. The predicted octanol–water partition coefficient (Wildman–Crippen LogP) is 3.26. The maximum absolute atomic E-state index is 12.9. The largest absolute Gasteiger partial charge is 0.353 e. The molecule has 1 N–H and O–H groups in total. The number of amides is 1. The van der Waals surface area contributed by atoms with Crippen molar-refractivity contribution in [2.24, 2.45) is 0 Å². The molecule has 0 atom stereocenters. The van der Waals surface area contributed by atoms with Crippen LogP contribution in [-0.4, -0.2) is 55.8 Å². The lowest BCUT2D eigenvalue weighted by Crippen LogP contribution is -2.45. The molecule has 31 heavy (non-hydrogen) atoms. The molecule has 0 unspecified atom stereocenters. The number of carbonyl (C=O) groups is 1. The Morgan fingerprint density at radius 2 is 1.61 bits per heavy atom. The molecule has 7 heteroatoms. The molecule has 0 bridgehead atoms. The molecule has 168 valence electrons. The van der Waals surface area contributed by atoms with Gasteiger partial charge in [-0.3, -0.25) is 9.69 Å². The van der Waals surface area contributed by atoms with Crippen LogP contribution in [0.5, 0.6) is 0 Å². The van der Waals surface area contributed by atoms with Gasteiger partial charge in [0.2, 0.25) is 15.9 Å². The summed E-state index contributed by atoms with van der Waals surface area (Å²) in [6, 6.07) is 19.0. The normalized spacial score (nSPS) is 15.8. The first kappa shape index (κ1) is 23.4. The van der Waals surface area contributed by atoms with Crippen LogP contribution < -0.4 is 5.32 Å². The number of carbonyl (C=O) groups excluding carboxylic acids is 1. The van der Waals surface area contributed by atoms with Crippen molar-refractivity contribution in [1.82, 2.24) is 14.5 Å². The number of benzene rings is 2. The maximum Gasteiger partial charge on any atom is 0.243 e. The molecule has 2 aromatic carbocycles. The van der Waals surface area contributed by atoms with E-state index >= 15 is 0 Å². The summed E-state index contributed by atoms with van der Waals surface area (Å²) in [5.41, 5.74) is 1.31. The molecular formula is C24H33N3O3S. The molecule has 0 saturated carbocycles. The van der Waals surface area contributed by atoms with E-state index in [1.54, 1.807) is 30.3 Å². The summed E-state index contributed by atoms with van der Waals surface area (Å²) in [6.45, 7) is 5.38. The van der Waals surface area contributed by atoms with Crippen LogP contribution in [0.3, 0.4) is 0 Å². The van der Waals surface area contributed by atoms with Gasteiger partial charge in [-0.25, -0.2) is 8.42 Å². The lowest BCUT2D eigenvalue weighted by molar-refractivity contribution is -0.122. The fourth-order valence-electron chi connectivity index (χ4n) is 3.95. The molecule has 0 aliphatic carbocycles. The van der Waals surface area contributed by atoms with Gasteiger partial charge in [-0.15, -0.1) is 0 Å². The fourth-order valence-corrected chi connectivity index (χ4v) is 5.50. The van der Waals surface area contributed by atoms with E-state index in [1.165, 1.54) is 9.87 Å². The van der Waals surface area contributed by atoms with Crippen molar-refractivity contribution in [2.45, 2.75) is 50.1 Å². The second-order valence-corrected chi connectivity index (χ2v) is 10.0. The highest BCUT2D eigenvalue weighted by molar-refractivity contribution is 7.89. The Kier molecular flexibility index (Phi) is 8.63. The van der Waals surface area contributed by atoms with Crippen LogP contribution in [0.2, 0.25) is 0 Å². The summed E-state index contributed by atoms with van der Waals surface area (Å²) in [5, 5.41) is 3.10. The highest BCUT2D eigenvalue weighted by atomic mass is 32.2. The minimum Gasteiger partial charge on any atom is -0.353 e. The van der Waals surface area contributed by atoms with E-state index in [9.17, 15) is 13.2 Å². The SMILES string of the molecule is CCCN(CCC(=O)NC1CCN(Cc2ccccc2)CC1)S(=O)(=O)c1ccccc1. The number of nitrogens with one attached hydrogen (secondary N) is 1. The maximum atomic E-state index is 12.9. The Hall–Kier alpha value is -2.22. The third-order valence-electron chi connectivity index (χ3n) is 5.64. The highest BCUT2D eigenvalue weighted by Gasteiger charge is 2.25. The second kappa shape index (κ2) is 11.4. The molecule has 1 amide bonds. The smallest absolute Gasteiger partial charge is 0.243 e. The minimum atomic E-state index is -3.58. The summed E-state index contributed by atoms with van der Waals surface area (Å²) in [4.78, 5) is 15.2. The standard InChI is InChI=1S/C24H33N3O3S/c1-2-16-27(31(29,30)23-11-7-4-8-12-23)19-15-24(28)25-22-13-17-26(18-14-22)20-21-9-5-3-6-10-21/h3-12,22H,2,13-20H2,1H3,(H,25,28). The van der Waals surface area contributed by atoms with E-state index in [4.69, 9.17) is 0 Å². The van der Waals surface area contributed by atoms with Crippen LogP contribution in [0, 0.1) is 0 Å². The van der Waals surface area contributed by atoms with Gasteiger partial charge in [-0.2, -0.15) is 4.31 Å². The van der Waals surface area contributed by atoms with Crippen molar-refractivity contribution in [1.29, 1.82) is 0 Å². The first-order valence-electron chi connectivity index (χ1n) is 11.1. The zero-order chi connectivity index (χ0) is 22.1. The van der Waals surface area contributed by atoms with Gasteiger partial charge in [-0.1, -0.05) is 55.5 Å². The second-order valence-electron chi connectivity index (χ2n) is 8.07. The topological polar surface area (TPSA) is 69.7 Å². The van der Waals surface area contributed by atoms with E-state index in [0.717, 1.165) is 32.5 Å². The third-order valence-corrected chi connectivity index (χ3v) is 7.56. The Balaban J connectivity index is 1.45. The van der Waals surface area contributed by atoms with E-state index in [0.29, 0.717) is 13.0 Å². The van der Waals surface area contributed by atoms with Crippen LogP contribution in [0.25, 0.3) is 0 Å². The van der Waals surface area contributed by atoms with Gasteiger partial charge in [0.15, 0.2) is 0 Å². The molecule has 1 fully saturated rings. The van der Waals surface area contributed by atoms with Crippen molar-refractivity contribution in [3.63, 3.8) is 0 Å². The van der Waals surface area contributed by atoms with E-state index < -0.39 is 10.0 Å². The molecule has 0 radical (unpaired) electrons. The van der Waals surface area contributed by atoms with Crippen LogP contribution in [-0.2, 0) is 21.4 Å². The molecule has 1 saturated heterocycles.